The maximum atomic E-state index is 11.7. The molecule has 0 aromatic heterocycles. The first-order chi connectivity index (χ1) is 19.2. The highest BCUT2D eigenvalue weighted by Crippen LogP contribution is 2.55. The fourth-order valence-electron chi connectivity index (χ4n) is 5.58. The second-order valence-corrected chi connectivity index (χ2v) is 10.0. The van der Waals surface area contributed by atoms with E-state index in [1.165, 1.54) is 21.3 Å². The Morgan fingerprint density at radius 3 is 2.12 bits per heavy atom. The molecule has 3 aliphatic rings. The van der Waals surface area contributed by atoms with Crippen molar-refractivity contribution in [3.05, 3.63) is 41.5 Å². The third kappa shape index (κ3) is 4.72. The van der Waals surface area contributed by atoms with Gasteiger partial charge >= 0.3 is 0 Å². The second kappa shape index (κ2) is 11.2. The van der Waals surface area contributed by atoms with Gasteiger partial charge in [-0.05, 0) is 35.4 Å². The van der Waals surface area contributed by atoms with Crippen LogP contribution in [0.2, 0.25) is 0 Å². The Kier molecular flexibility index (Phi) is 8.01. The zero-order valence-corrected chi connectivity index (χ0v) is 22.2. The molecule has 9 unspecified atom stereocenters. The molecule has 2 aromatic rings. The minimum Gasteiger partial charge on any atom is -0.502 e. The summed E-state index contributed by atoms with van der Waals surface area (Å²) in [6.07, 6.45) is -8.53. The molecule has 0 radical (unpaired) electrons. The molecule has 3 aliphatic heterocycles. The molecule has 3 saturated heterocycles. The summed E-state index contributed by atoms with van der Waals surface area (Å²) in [5, 5.41) is 61.9. The Balaban J connectivity index is 1.37. The lowest BCUT2D eigenvalue weighted by Crippen LogP contribution is -2.60. The van der Waals surface area contributed by atoms with Crippen molar-refractivity contribution in [2.24, 2.45) is 5.92 Å². The number of phenols is 1. The number of hydrogen-bond acceptors (Lipinski definition) is 13. The minimum atomic E-state index is -1.59. The van der Waals surface area contributed by atoms with Gasteiger partial charge in [-0.15, -0.1) is 0 Å². The lowest BCUT2D eigenvalue weighted by molar-refractivity contribution is -0.277. The zero-order chi connectivity index (χ0) is 28.8. The Labute approximate surface area is 230 Å². The molecule has 13 nitrogen and oxygen atoms in total. The number of aliphatic hydroxyl groups excluding tert-OH is 4. The van der Waals surface area contributed by atoms with Crippen molar-refractivity contribution in [3.8, 4) is 28.7 Å². The Morgan fingerprint density at radius 2 is 1.50 bits per heavy atom. The molecule has 0 aliphatic carbocycles. The number of hydrogen-bond donors (Lipinski definition) is 6. The first-order valence-corrected chi connectivity index (χ1v) is 12.7. The highest BCUT2D eigenvalue weighted by atomic mass is 16.7. The van der Waals surface area contributed by atoms with Crippen LogP contribution in [0.15, 0.2) is 30.3 Å². The summed E-state index contributed by atoms with van der Waals surface area (Å²) in [5.41, 5.74) is -0.165. The fraction of sp³-hybridized carbons (Fsp3) is 0.556. The summed E-state index contributed by atoms with van der Waals surface area (Å²) >= 11 is 0. The van der Waals surface area contributed by atoms with Gasteiger partial charge in [-0.1, -0.05) is 6.07 Å². The average molecular weight is 567 g/mol. The third-order valence-electron chi connectivity index (χ3n) is 7.81. The smallest absolute Gasteiger partial charge is 0.229 e. The molecule has 0 saturated carbocycles. The van der Waals surface area contributed by atoms with Crippen molar-refractivity contribution in [2.75, 3.05) is 41.2 Å². The quantitative estimate of drug-likeness (QED) is 0.247. The van der Waals surface area contributed by atoms with Gasteiger partial charge in [0.05, 0.1) is 47.3 Å². The minimum absolute atomic E-state index is 0.0239. The maximum Gasteiger partial charge on any atom is 0.229 e. The number of rotatable bonds is 8. The van der Waals surface area contributed by atoms with Crippen LogP contribution in [0.1, 0.15) is 23.3 Å². The molecular formula is C27H34O13. The van der Waals surface area contributed by atoms with Gasteiger partial charge in [0.1, 0.15) is 36.1 Å². The predicted octanol–water partition coefficient (Wildman–Crippen LogP) is -0.213. The van der Waals surface area contributed by atoms with Crippen molar-refractivity contribution >= 4 is 0 Å². The van der Waals surface area contributed by atoms with Crippen molar-refractivity contribution in [1.82, 2.24) is 0 Å². The summed E-state index contributed by atoms with van der Waals surface area (Å²) in [7, 11) is 4.25. The number of methoxy groups -OCH3 is 3. The Morgan fingerprint density at radius 1 is 0.850 bits per heavy atom. The van der Waals surface area contributed by atoms with Crippen LogP contribution in [0.4, 0.5) is 0 Å². The lowest BCUT2D eigenvalue weighted by atomic mass is 9.81. The SMILES string of the molecule is COc1cc(C2OCC3(O)C(c4cc(OC)c(O)c(OC)c4)OCC23)ccc1OC1OC(CO)C(O)C(O)C1O. The van der Waals surface area contributed by atoms with Crippen LogP contribution in [-0.4, -0.2) is 108 Å². The van der Waals surface area contributed by atoms with Gasteiger partial charge < -0.3 is 63.8 Å². The predicted molar refractivity (Wildman–Crippen MR) is 134 cm³/mol. The van der Waals surface area contributed by atoms with Gasteiger partial charge in [-0.25, -0.2) is 0 Å². The van der Waals surface area contributed by atoms with E-state index >= 15 is 0 Å². The van der Waals surface area contributed by atoms with Gasteiger partial charge in [-0.2, -0.15) is 0 Å². The normalized spacial score (nSPS) is 35.3. The van der Waals surface area contributed by atoms with E-state index in [2.05, 4.69) is 0 Å². The van der Waals surface area contributed by atoms with Gasteiger partial charge in [-0.3, -0.25) is 0 Å². The van der Waals surface area contributed by atoms with Crippen LogP contribution in [-0.2, 0) is 14.2 Å². The maximum absolute atomic E-state index is 11.7. The molecule has 9 atom stereocenters. The first-order valence-electron chi connectivity index (χ1n) is 12.7. The standard InChI is InChI=1S/C27H34O13/c1-34-16-6-12(4-5-15(16)39-26-23(32)22(31)21(30)19(9-28)40-26)24-14-10-37-25(27(14,33)11-38-24)13-7-17(35-2)20(29)18(8-13)36-3/h4-8,14,19,21-26,28-33H,9-11H2,1-3H3. The number of fused-ring (bicyclic) bond motifs is 1. The molecule has 5 rings (SSSR count). The summed E-state index contributed by atoms with van der Waals surface area (Å²) < 4.78 is 39.3. The topological polar surface area (TPSA) is 186 Å². The second-order valence-electron chi connectivity index (χ2n) is 10.0. The summed E-state index contributed by atoms with van der Waals surface area (Å²) in [6.45, 7) is -0.427. The summed E-state index contributed by atoms with van der Waals surface area (Å²) in [4.78, 5) is 0. The molecular weight excluding hydrogens is 532 g/mol. The van der Waals surface area contributed by atoms with E-state index in [9.17, 15) is 30.6 Å². The number of aromatic hydroxyl groups is 1. The fourth-order valence-corrected chi connectivity index (χ4v) is 5.58. The monoisotopic (exact) mass is 566 g/mol. The summed E-state index contributed by atoms with van der Waals surface area (Å²) in [6, 6.07) is 8.11. The molecule has 40 heavy (non-hydrogen) atoms. The molecule has 3 fully saturated rings. The van der Waals surface area contributed by atoms with Gasteiger partial charge in [0.15, 0.2) is 23.0 Å². The highest BCUT2D eigenvalue weighted by Gasteiger charge is 2.59. The molecule has 220 valence electrons. The number of aliphatic hydroxyl groups is 5. The molecule has 2 aromatic carbocycles. The van der Waals surface area contributed by atoms with Crippen LogP contribution < -0.4 is 18.9 Å². The van der Waals surface area contributed by atoms with E-state index in [0.717, 1.165) is 0 Å². The lowest BCUT2D eigenvalue weighted by Gasteiger charge is -2.39. The van der Waals surface area contributed by atoms with Crippen molar-refractivity contribution in [2.45, 2.75) is 48.5 Å². The largest absolute Gasteiger partial charge is 0.502 e. The number of phenolic OH excluding ortho intramolecular Hbond substituents is 1. The zero-order valence-electron chi connectivity index (χ0n) is 22.2. The van der Waals surface area contributed by atoms with Crippen LogP contribution in [0.5, 0.6) is 28.7 Å². The van der Waals surface area contributed by atoms with Crippen LogP contribution >= 0.6 is 0 Å². The van der Waals surface area contributed by atoms with Crippen molar-refractivity contribution in [3.63, 3.8) is 0 Å². The van der Waals surface area contributed by atoms with E-state index in [0.29, 0.717) is 11.1 Å². The molecule has 6 N–H and O–H groups in total. The highest BCUT2D eigenvalue weighted by molar-refractivity contribution is 5.54. The average Bonchev–Trinajstić information content (AvgIpc) is 3.47. The molecule has 0 bridgehead atoms. The van der Waals surface area contributed by atoms with Crippen molar-refractivity contribution < 1.29 is 63.8 Å². The molecule has 13 heteroatoms. The Bertz CT molecular complexity index is 1180. The van der Waals surface area contributed by atoms with Crippen LogP contribution in [0.25, 0.3) is 0 Å². The first kappa shape index (κ1) is 28.6. The Hall–Kier alpha value is -2.88. The van der Waals surface area contributed by atoms with E-state index in [4.69, 9.17) is 33.2 Å². The van der Waals surface area contributed by atoms with Gasteiger partial charge in [0, 0.05) is 5.92 Å². The van der Waals surface area contributed by atoms with E-state index in [1.54, 1.807) is 30.3 Å². The van der Waals surface area contributed by atoms with Crippen LogP contribution in [0.3, 0.4) is 0 Å². The van der Waals surface area contributed by atoms with Gasteiger partial charge in [0.25, 0.3) is 0 Å². The third-order valence-corrected chi connectivity index (χ3v) is 7.81. The summed E-state index contributed by atoms with van der Waals surface area (Å²) in [5.74, 6) is 0.184. The van der Waals surface area contributed by atoms with Gasteiger partial charge in [0.2, 0.25) is 12.0 Å². The molecule has 0 spiro atoms. The number of benzene rings is 2. The van der Waals surface area contributed by atoms with Crippen molar-refractivity contribution in [1.29, 1.82) is 0 Å². The van der Waals surface area contributed by atoms with Crippen LogP contribution in [0, 0.1) is 5.92 Å². The van der Waals surface area contributed by atoms with E-state index < -0.39 is 61.0 Å². The molecule has 3 heterocycles. The van der Waals surface area contributed by atoms with E-state index in [1.807, 2.05) is 0 Å². The molecule has 0 amide bonds. The number of ether oxygens (including phenoxy) is 7. The van der Waals surface area contributed by atoms with E-state index in [-0.39, 0.29) is 42.0 Å².